The Morgan fingerprint density at radius 2 is 2.00 bits per heavy atom. The molecule has 0 unspecified atom stereocenters. The summed E-state index contributed by atoms with van der Waals surface area (Å²) in [5, 5.41) is 14.0. The van der Waals surface area contributed by atoms with Crippen LogP contribution in [0.1, 0.15) is 25.7 Å². The molecule has 116 valence electrons. The Bertz CT molecular complexity index is 660. The highest BCUT2D eigenvalue weighted by Gasteiger charge is 2.38. The van der Waals surface area contributed by atoms with Gasteiger partial charge in [-0.15, -0.1) is 0 Å². The number of nitrogens with one attached hydrogen (secondary N) is 1. The zero-order valence-corrected chi connectivity index (χ0v) is 13.3. The van der Waals surface area contributed by atoms with Gasteiger partial charge in [0.1, 0.15) is 5.60 Å². The summed E-state index contributed by atoms with van der Waals surface area (Å²) in [6, 6.07) is 7.57. The number of amides is 1. The third kappa shape index (κ3) is 3.18. The third-order valence-corrected chi connectivity index (χ3v) is 5.04. The van der Waals surface area contributed by atoms with Crippen LogP contribution >= 0.6 is 11.8 Å². The summed E-state index contributed by atoms with van der Waals surface area (Å²) in [7, 11) is 1.95. The number of hydrogen-bond acceptors (Lipinski definition) is 4. The van der Waals surface area contributed by atoms with Crippen molar-refractivity contribution in [1.82, 2.24) is 9.55 Å². The summed E-state index contributed by atoms with van der Waals surface area (Å²) in [6.45, 7) is 0. The maximum Gasteiger partial charge on any atom is 0.256 e. The molecule has 1 aliphatic rings. The van der Waals surface area contributed by atoms with Gasteiger partial charge in [-0.25, -0.2) is 4.98 Å². The minimum absolute atomic E-state index is 0.297. The molecule has 0 radical (unpaired) electrons. The molecule has 1 saturated carbocycles. The molecule has 1 amide bonds. The Hall–Kier alpha value is -1.79. The summed E-state index contributed by atoms with van der Waals surface area (Å²) in [6.07, 6.45) is 6.57. The topological polar surface area (TPSA) is 67.2 Å². The molecule has 5 nitrogen and oxygen atoms in total. The highest BCUT2D eigenvalue weighted by molar-refractivity contribution is 7.99. The van der Waals surface area contributed by atoms with E-state index in [0.717, 1.165) is 22.9 Å². The van der Waals surface area contributed by atoms with Crippen LogP contribution in [0.4, 0.5) is 5.69 Å². The van der Waals surface area contributed by atoms with E-state index in [0.29, 0.717) is 18.5 Å². The fourth-order valence-corrected chi connectivity index (χ4v) is 3.40. The van der Waals surface area contributed by atoms with Gasteiger partial charge >= 0.3 is 0 Å². The van der Waals surface area contributed by atoms with Gasteiger partial charge in [0.25, 0.3) is 5.91 Å². The highest BCUT2D eigenvalue weighted by Crippen LogP contribution is 2.31. The molecule has 1 heterocycles. The molecule has 0 spiro atoms. The Morgan fingerprint density at radius 1 is 1.32 bits per heavy atom. The van der Waals surface area contributed by atoms with Crippen molar-refractivity contribution in [3.63, 3.8) is 0 Å². The van der Waals surface area contributed by atoms with Gasteiger partial charge in [-0.3, -0.25) is 4.79 Å². The number of benzene rings is 1. The zero-order chi connectivity index (χ0) is 15.6. The first kappa shape index (κ1) is 15.1. The van der Waals surface area contributed by atoms with Gasteiger partial charge in [0.2, 0.25) is 0 Å². The van der Waals surface area contributed by atoms with Crippen LogP contribution in [0.5, 0.6) is 0 Å². The molecular formula is C16H19N3O2S. The monoisotopic (exact) mass is 317 g/mol. The van der Waals surface area contributed by atoms with Gasteiger partial charge in [-0.05, 0) is 49.9 Å². The maximum absolute atomic E-state index is 12.1. The number of aliphatic hydroxyl groups is 1. The quantitative estimate of drug-likeness (QED) is 0.910. The molecule has 2 aromatic rings. The second-order valence-electron chi connectivity index (χ2n) is 5.64. The van der Waals surface area contributed by atoms with Gasteiger partial charge in [0.05, 0.1) is 0 Å². The lowest BCUT2D eigenvalue weighted by Gasteiger charge is -2.20. The molecule has 22 heavy (non-hydrogen) atoms. The van der Waals surface area contributed by atoms with Crippen LogP contribution in [0.15, 0.2) is 46.7 Å². The van der Waals surface area contributed by atoms with Crippen molar-refractivity contribution in [2.75, 3.05) is 5.32 Å². The van der Waals surface area contributed by atoms with Crippen LogP contribution in [0, 0.1) is 0 Å². The van der Waals surface area contributed by atoms with Crippen molar-refractivity contribution >= 4 is 23.4 Å². The van der Waals surface area contributed by atoms with Gasteiger partial charge in [-0.2, -0.15) is 0 Å². The minimum atomic E-state index is -1.19. The van der Waals surface area contributed by atoms with Crippen molar-refractivity contribution in [2.24, 2.45) is 7.05 Å². The van der Waals surface area contributed by atoms with Crippen LogP contribution in [-0.4, -0.2) is 26.2 Å². The predicted octanol–water partition coefficient (Wildman–Crippen LogP) is 2.81. The molecular weight excluding hydrogens is 298 g/mol. The van der Waals surface area contributed by atoms with Gasteiger partial charge in [0.15, 0.2) is 5.16 Å². The first-order valence-corrected chi connectivity index (χ1v) is 8.18. The second-order valence-corrected chi connectivity index (χ2v) is 6.68. The van der Waals surface area contributed by atoms with Gasteiger partial charge in [-0.1, -0.05) is 11.8 Å². The van der Waals surface area contributed by atoms with Crippen molar-refractivity contribution in [2.45, 2.75) is 41.3 Å². The fraction of sp³-hybridized carbons (Fsp3) is 0.375. The summed E-state index contributed by atoms with van der Waals surface area (Å²) < 4.78 is 1.95. The number of hydrogen-bond donors (Lipinski definition) is 2. The smallest absolute Gasteiger partial charge is 0.256 e. The number of aryl methyl sites for hydroxylation is 1. The Balaban J connectivity index is 1.64. The molecule has 2 N–H and O–H groups in total. The third-order valence-electron chi connectivity index (χ3n) is 3.95. The SMILES string of the molecule is Cn1ccnc1Sc1ccc(NC(=O)C2(O)CCCC2)cc1. The lowest BCUT2D eigenvalue weighted by molar-refractivity contribution is -0.133. The number of carbonyl (C=O) groups excluding carboxylic acids is 1. The molecule has 1 aliphatic carbocycles. The minimum Gasteiger partial charge on any atom is -0.380 e. The summed E-state index contributed by atoms with van der Waals surface area (Å²) in [5.41, 5.74) is -0.491. The summed E-state index contributed by atoms with van der Waals surface area (Å²) in [5.74, 6) is -0.297. The summed E-state index contributed by atoms with van der Waals surface area (Å²) in [4.78, 5) is 17.5. The van der Waals surface area contributed by atoms with Crippen LogP contribution in [-0.2, 0) is 11.8 Å². The molecule has 0 saturated heterocycles. The average Bonchev–Trinajstić information content (AvgIpc) is 3.11. The van der Waals surface area contributed by atoms with E-state index in [1.807, 2.05) is 42.1 Å². The molecule has 1 aromatic heterocycles. The van der Waals surface area contributed by atoms with Gasteiger partial charge < -0.3 is 15.0 Å². The maximum atomic E-state index is 12.1. The molecule has 0 bridgehead atoms. The number of aromatic nitrogens is 2. The van der Waals surface area contributed by atoms with E-state index in [2.05, 4.69) is 10.3 Å². The zero-order valence-electron chi connectivity index (χ0n) is 12.5. The van der Waals surface area contributed by atoms with Crippen LogP contribution < -0.4 is 5.32 Å². The molecule has 1 aromatic carbocycles. The first-order valence-electron chi connectivity index (χ1n) is 7.36. The lowest BCUT2D eigenvalue weighted by Crippen LogP contribution is -2.40. The highest BCUT2D eigenvalue weighted by atomic mass is 32.2. The molecule has 3 rings (SSSR count). The number of nitrogens with zero attached hydrogens (tertiary/aromatic N) is 2. The van der Waals surface area contributed by atoms with E-state index in [1.54, 1.807) is 18.0 Å². The van der Waals surface area contributed by atoms with Crippen LogP contribution in [0.25, 0.3) is 0 Å². The van der Waals surface area contributed by atoms with Crippen LogP contribution in [0.3, 0.4) is 0 Å². The van der Waals surface area contributed by atoms with Crippen molar-refractivity contribution in [3.8, 4) is 0 Å². The van der Waals surface area contributed by atoms with E-state index in [4.69, 9.17) is 0 Å². The fourth-order valence-electron chi connectivity index (χ4n) is 2.60. The van der Waals surface area contributed by atoms with Crippen molar-refractivity contribution < 1.29 is 9.90 Å². The number of rotatable bonds is 4. The van der Waals surface area contributed by atoms with Crippen molar-refractivity contribution in [1.29, 1.82) is 0 Å². The predicted molar refractivity (Wildman–Crippen MR) is 85.8 cm³/mol. The second kappa shape index (κ2) is 6.14. The largest absolute Gasteiger partial charge is 0.380 e. The molecule has 1 fully saturated rings. The average molecular weight is 317 g/mol. The molecule has 0 atom stereocenters. The Kier molecular flexibility index (Phi) is 4.22. The van der Waals surface area contributed by atoms with E-state index >= 15 is 0 Å². The first-order chi connectivity index (χ1) is 10.6. The van der Waals surface area contributed by atoms with E-state index in [-0.39, 0.29) is 5.91 Å². The van der Waals surface area contributed by atoms with Crippen LogP contribution in [0.2, 0.25) is 0 Å². The Morgan fingerprint density at radius 3 is 2.59 bits per heavy atom. The van der Waals surface area contributed by atoms with E-state index in [1.165, 1.54) is 0 Å². The lowest BCUT2D eigenvalue weighted by atomic mass is 10.0. The number of anilines is 1. The number of carbonyl (C=O) groups is 1. The molecule has 0 aliphatic heterocycles. The Labute approximate surface area is 133 Å². The number of imidazole rings is 1. The van der Waals surface area contributed by atoms with Crippen molar-refractivity contribution in [3.05, 3.63) is 36.7 Å². The summed E-state index contributed by atoms with van der Waals surface area (Å²) >= 11 is 1.56. The van der Waals surface area contributed by atoms with Gasteiger partial charge in [0, 0.05) is 30.0 Å². The van der Waals surface area contributed by atoms with E-state index < -0.39 is 5.60 Å². The normalized spacial score (nSPS) is 16.6. The standard InChI is InChI=1S/C16H19N3O2S/c1-19-11-10-17-15(19)22-13-6-4-12(5-7-13)18-14(20)16(21)8-2-3-9-16/h4-7,10-11,21H,2-3,8-9H2,1H3,(H,18,20). The van der Waals surface area contributed by atoms with E-state index in [9.17, 15) is 9.90 Å². The molecule has 6 heteroatoms.